The summed E-state index contributed by atoms with van der Waals surface area (Å²) < 4.78 is 0. The average Bonchev–Trinajstić information content (AvgIpc) is 2.98. The average molecular weight is 582 g/mol. The number of nitrogens with one attached hydrogen (secondary N) is 2. The minimum absolute atomic E-state index is 0.0493. The highest BCUT2D eigenvalue weighted by atomic mass is 16.6. The van der Waals surface area contributed by atoms with Gasteiger partial charge in [-0.15, -0.1) is 0 Å². The third kappa shape index (κ3) is 7.01. The van der Waals surface area contributed by atoms with Crippen LogP contribution in [0, 0.1) is 20.2 Å². The fourth-order valence-corrected chi connectivity index (χ4v) is 4.05. The van der Waals surface area contributed by atoms with Gasteiger partial charge in [-0.2, -0.15) is 0 Å². The number of nitro benzene ring substituents is 2. The van der Waals surface area contributed by atoms with Gasteiger partial charge in [-0.05, 0) is 66.1 Å². The second-order valence-electron chi connectivity index (χ2n) is 9.03. The molecule has 14 nitrogen and oxygen atoms in total. The Kier molecular flexibility index (Phi) is 8.51. The van der Waals surface area contributed by atoms with Crippen molar-refractivity contribution < 1.29 is 39.2 Å². The minimum atomic E-state index is -1.60. The summed E-state index contributed by atoms with van der Waals surface area (Å²) in [6.07, 6.45) is 0.0493. The molecule has 14 heteroatoms. The minimum Gasteiger partial charge on any atom is -0.545 e. The van der Waals surface area contributed by atoms with Gasteiger partial charge in [0.2, 0.25) is 0 Å². The maximum atomic E-state index is 12.6. The van der Waals surface area contributed by atoms with Crippen LogP contribution in [0.3, 0.4) is 0 Å². The van der Waals surface area contributed by atoms with Gasteiger partial charge in [-0.1, -0.05) is 12.1 Å². The van der Waals surface area contributed by atoms with Crippen LogP contribution in [0.5, 0.6) is 0 Å². The molecule has 4 rings (SSSR count). The van der Waals surface area contributed by atoms with Crippen LogP contribution >= 0.6 is 0 Å². The Labute approximate surface area is 241 Å². The van der Waals surface area contributed by atoms with Crippen molar-refractivity contribution in [3.05, 3.63) is 139 Å². The number of nitro groups is 2. The van der Waals surface area contributed by atoms with Crippen LogP contribution in [0.2, 0.25) is 0 Å². The van der Waals surface area contributed by atoms with Gasteiger partial charge in [0.1, 0.15) is 0 Å². The lowest BCUT2D eigenvalue weighted by Crippen LogP contribution is -2.25. The molecule has 2 N–H and O–H groups in total. The molecular formula is C29H18N4O10-2. The van der Waals surface area contributed by atoms with Crippen molar-refractivity contribution in [1.82, 2.24) is 0 Å². The SMILES string of the molecule is O=C(Nc1ccc(Cc2ccc(NC(=O)c3ccc([N+](=O)[O-])cc3)c(C(=O)[O-])c2)cc1C(=O)[O-])c1ccc([N+](=O)[O-])cc1. The van der Waals surface area contributed by atoms with Crippen molar-refractivity contribution in [3.8, 4) is 0 Å². The van der Waals surface area contributed by atoms with E-state index in [1.54, 1.807) is 0 Å². The molecule has 0 aliphatic heterocycles. The number of carboxylic acid groups (broad SMARTS) is 2. The van der Waals surface area contributed by atoms with Crippen molar-refractivity contribution in [2.75, 3.05) is 10.6 Å². The lowest BCUT2D eigenvalue weighted by molar-refractivity contribution is -0.385. The summed E-state index contributed by atoms with van der Waals surface area (Å²) >= 11 is 0. The first kappa shape index (κ1) is 29.5. The second-order valence-corrected chi connectivity index (χ2v) is 9.03. The molecule has 0 saturated heterocycles. The van der Waals surface area contributed by atoms with Crippen LogP contribution in [0.4, 0.5) is 22.7 Å². The van der Waals surface area contributed by atoms with Gasteiger partial charge in [0.15, 0.2) is 0 Å². The van der Waals surface area contributed by atoms with Gasteiger partial charge in [0, 0.05) is 46.5 Å². The Balaban J connectivity index is 1.52. The highest BCUT2D eigenvalue weighted by Gasteiger charge is 2.15. The molecule has 4 aromatic carbocycles. The topological polar surface area (TPSA) is 225 Å². The fourth-order valence-electron chi connectivity index (χ4n) is 4.05. The predicted molar refractivity (Wildman–Crippen MR) is 146 cm³/mol. The van der Waals surface area contributed by atoms with E-state index in [0.29, 0.717) is 11.1 Å². The summed E-state index contributed by atoms with van der Waals surface area (Å²) in [5.74, 6) is -4.62. The normalized spacial score (nSPS) is 10.4. The van der Waals surface area contributed by atoms with Crippen molar-refractivity contribution in [2.45, 2.75) is 6.42 Å². The summed E-state index contributed by atoms with van der Waals surface area (Å²) in [4.78, 5) is 69.2. The molecule has 0 aliphatic carbocycles. The van der Waals surface area contributed by atoms with E-state index in [-0.39, 0.29) is 51.4 Å². The number of carboxylic acids is 2. The number of benzene rings is 4. The Morgan fingerprint density at radius 3 is 1.21 bits per heavy atom. The molecule has 43 heavy (non-hydrogen) atoms. The zero-order valence-electron chi connectivity index (χ0n) is 21.8. The molecule has 0 radical (unpaired) electrons. The van der Waals surface area contributed by atoms with E-state index in [2.05, 4.69) is 10.6 Å². The van der Waals surface area contributed by atoms with Crippen molar-refractivity contribution in [3.63, 3.8) is 0 Å². The highest BCUT2D eigenvalue weighted by molar-refractivity contribution is 6.08. The summed E-state index contributed by atoms with van der Waals surface area (Å²) in [5.41, 5.74) is -0.419. The quantitative estimate of drug-likeness (QED) is 0.205. The molecule has 0 saturated carbocycles. The van der Waals surface area contributed by atoms with Gasteiger partial charge in [-0.25, -0.2) is 0 Å². The summed E-state index contributed by atoms with van der Waals surface area (Å²) in [7, 11) is 0. The Morgan fingerprint density at radius 1 is 0.558 bits per heavy atom. The van der Waals surface area contributed by atoms with E-state index >= 15 is 0 Å². The zero-order chi connectivity index (χ0) is 31.3. The van der Waals surface area contributed by atoms with Crippen molar-refractivity contribution >= 4 is 46.5 Å². The Morgan fingerprint density at radius 2 is 0.907 bits per heavy atom. The van der Waals surface area contributed by atoms with Crippen LogP contribution in [0.15, 0.2) is 84.9 Å². The van der Waals surface area contributed by atoms with E-state index in [4.69, 9.17) is 0 Å². The lowest BCUT2D eigenvalue weighted by Gasteiger charge is -2.16. The number of rotatable bonds is 10. The third-order valence-electron chi connectivity index (χ3n) is 6.19. The van der Waals surface area contributed by atoms with Gasteiger partial charge in [0.05, 0.1) is 33.2 Å². The Bertz CT molecular complexity index is 1650. The smallest absolute Gasteiger partial charge is 0.269 e. The first-order chi connectivity index (χ1) is 20.4. The van der Waals surface area contributed by atoms with Gasteiger partial charge < -0.3 is 30.4 Å². The van der Waals surface area contributed by atoms with E-state index in [0.717, 1.165) is 24.3 Å². The molecule has 4 aromatic rings. The van der Waals surface area contributed by atoms with E-state index in [1.807, 2.05) is 0 Å². The van der Waals surface area contributed by atoms with Crippen LogP contribution in [0.1, 0.15) is 52.6 Å². The number of carbonyl (C=O) groups is 4. The number of hydrogen-bond acceptors (Lipinski definition) is 10. The number of nitrogens with zero attached hydrogens (tertiary/aromatic N) is 2. The number of non-ortho nitro benzene ring substituents is 2. The summed E-state index contributed by atoms with van der Waals surface area (Å²) in [6.45, 7) is 0. The predicted octanol–water partition coefficient (Wildman–Crippen LogP) is 2.33. The van der Waals surface area contributed by atoms with Gasteiger partial charge in [0.25, 0.3) is 23.2 Å². The monoisotopic (exact) mass is 582 g/mol. The van der Waals surface area contributed by atoms with Crippen molar-refractivity contribution in [2.24, 2.45) is 0 Å². The number of aromatic carboxylic acids is 2. The molecular weight excluding hydrogens is 564 g/mol. The molecule has 0 aliphatic rings. The molecule has 2 amide bonds. The molecule has 0 fully saturated rings. The molecule has 0 bridgehead atoms. The first-order valence-corrected chi connectivity index (χ1v) is 12.2. The van der Waals surface area contributed by atoms with Crippen molar-refractivity contribution in [1.29, 1.82) is 0 Å². The van der Waals surface area contributed by atoms with Crippen LogP contribution in [0.25, 0.3) is 0 Å². The second kappa shape index (κ2) is 12.4. The standard InChI is InChI=1S/C29H20N4O10/c34-26(18-3-7-20(8-4-18)32(40)41)30-24-11-1-16(14-22(24)28(36)37)13-17-2-12-25(23(15-17)29(38)39)31-27(35)19-5-9-21(10-6-19)33(42)43/h1-12,14-15H,13H2,(H,30,34)(H,31,35)(H,36,37)(H,38,39)/p-2. The largest absolute Gasteiger partial charge is 0.545 e. The molecule has 0 spiro atoms. The first-order valence-electron chi connectivity index (χ1n) is 12.2. The summed E-state index contributed by atoms with van der Waals surface area (Å²) in [5, 5.41) is 50.1. The molecule has 0 atom stereocenters. The molecule has 0 aromatic heterocycles. The Hall–Kier alpha value is -6.44. The van der Waals surface area contributed by atoms with Crippen LogP contribution < -0.4 is 20.8 Å². The van der Waals surface area contributed by atoms with E-state index in [9.17, 15) is 49.6 Å². The molecule has 216 valence electrons. The fraction of sp³-hybridized carbons (Fsp3) is 0.0345. The summed E-state index contributed by atoms with van der Waals surface area (Å²) in [6, 6.07) is 17.5. The van der Waals surface area contributed by atoms with E-state index in [1.165, 1.54) is 60.7 Å². The lowest BCUT2D eigenvalue weighted by atomic mass is 9.99. The van der Waals surface area contributed by atoms with Gasteiger partial charge >= 0.3 is 0 Å². The number of amides is 2. The van der Waals surface area contributed by atoms with Crippen LogP contribution in [-0.2, 0) is 6.42 Å². The highest BCUT2D eigenvalue weighted by Crippen LogP contribution is 2.24. The number of anilines is 2. The maximum Gasteiger partial charge on any atom is 0.269 e. The maximum absolute atomic E-state index is 12.6. The van der Waals surface area contributed by atoms with Crippen LogP contribution in [-0.4, -0.2) is 33.6 Å². The van der Waals surface area contributed by atoms with Gasteiger partial charge in [-0.3, -0.25) is 29.8 Å². The molecule has 0 heterocycles. The zero-order valence-corrected chi connectivity index (χ0v) is 21.8. The number of hydrogen-bond donors (Lipinski definition) is 2. The number of carbonyl (C=O) groups excluding carboxylic acids is 4. The van der Waals surface area contributed by atoms with E-state index < -0.39 is 33.6 Å². The molecule has 0 unspecified atom stereocenters. The third-order valence-corrected chi connectivity index (χ3v) is 6.19.